The number of rotatable bonds is 12. The molecular weight excluding hydrogens is 1560 g/mol. The SMILES string of the molecule is COc1ccc(Cn2c(=O)c3c(O)c(C)c(=O)n(C)c3n(-c3ccc(I)cc3F)c2=O)cc1.COc1ccc(Cn2c(=O)c3c(OS(=O)(=O)C(F)(F)F)c(C)c(=O)n(C)c3n(-c3ccc(I)cc3F)c2=O)cc1.CS(=O)(=O)OS(=O)(=O)C(F)(F)F.ClC(Cl)Cl. The smallest absolute Gasteiger partial charge is 0.506 e. The van der Waals surface area contributed by atoms with Crippen LogP contribution in [0.1, 0.15) is 22.3 Å². The molecule has 0 fully saturated rings. The van der Waals surface area contributed by atoms with E-state index in [1.807, 2.05) is 22.6 Å². The zero-order chi connectivity index (χ0) is 67.5. The van der Waals surface area contributed by atoms with E-state index in [9.17, 15) is 89.9 Å². The van der Waals surface area contributed by atoms with Gasteiger partial charge >= 0.3 is 42.6 Å². The van der Waals surface area contributed by atoms with Crippen molar-refractivity contribution in [2.75, 3.05) is 20.5 Å². The molecule has 4 aromatic carbocycles. The minimum atomic E-state index is -6.36. The van der Waals surface area contributed by atoms with Gasteiger partial charge in [-0.3, -0.25) is 37.4 Å². The number of hydrogen-bond donors (Lipinski definition) is 1. The summed E-state index contributed by atoms with van der Waals surface area (Å²) >= 11 is 18.2. The van der Waals surface area contributed by atoms with Crippen LogP contribution in [0.3, 0.4) is 0 Å². The van der Waals surface area contributed by atoms with Gasteiger partial charge in [-0.05, 0) is 131 Å². The van der Waals surface area contributed by atoms with Crippen LogP contribution in [0, 0.1) is 32.6 Å². The van der Waals surface area contributed by atoms with Gasteiger partial charge in [0.25, 0.3) is 32.4 Å². The van der Waals surface area contributed by atoms with Crippen LogP contribution < -0.4 is 47.3 Å². The normalized spacial score (nSPS) is 12.0. The van der Waals surface area contributed by atoms with Crippen molar-refractivity contribution >= 4 is 132 Å². The highest BCUT2D eigenvalue weighted by atomic mass is 127. The number of alkyl halides is 9. The van der Waals surface area contributed by atoms with Crippen molar-refractivity contribution in [1.82, 2.24) is 27.4 Å². The molecule has 8 rings (SSSR count). The predicted molar refractivity (Wildman–Crippen MR) is 327 cm³/mol. The van der Waals surface area contributed by atoms with Crippen molar-refractivity contribution in [3.8, 4) is 34.4 Å². The van der Waals surface area contributed by atoms with Crippen molar-refractivity contribution in [3.05, 3.63) is 188 Å². The van der Waals surface area contributed by atoms with Crippen molar-refractivity contribution < 1.29 is 82.8 Å². The number of halogens is 13. The fraction of sp³-hybridized carbons (Fsp3) is 0.240. The number of ether oxygens (including phenoxy) is 2. The number of pyridine rings is 2. The molecule has 0 aliphatic rings. The van der Waals surface area contributed by atoms with Gasteiger partial charge in [-0.25, -0.2) is 27.5 Å². The van der Waals surface area contributed by atoms with Gasteiger partial charge in [0, 0.05) is 21.2 Å². The highest BCUT2D eigenvalue weighted by Crippen LogP contribution is 2.33. The fourth-order valence-corrected chi connectivity index (χ4v) is 11.0. The van der Waals surface area contributed by atoms with E-state index in [1.54, 1.807) is 52.9 Å². The summed E-state index contributed by atoms with van der Waals surface area (Å²) in [6.07, 6.45) is 0.191. The Bertz CT molecular complexity index is 4810. The van der Waals surface area contributed by atoms with Gasteiger partial charge in [-0.1, -0.05) is 59.1 Å². The van der Waals surface area contributed by atoms with Crippen LogP contribution in [0.25, 0.3) is 33.4 Å². The van der Waals surface area contributed by atoms with Crippen molar-refractivity contribution in [2.45, 2.75) is 42.2 Å². The Morgan fingerprint density at radius 2 is 0.910 bits per heavy atom. The third-order valence-corrected chi connectivity index (χ3v) is 16.5. The zero-order valence-electron chi connectivity index (χ0n) is 45.9. The lowest BCUT2D eigenvalue weighted by Gasteiger charge is -2.20. The second-order valence-electron chi connectivity index (χ2n) is 17.9. The second kappa shape index (κ2) is 28.3. The molecule has 0 unspecified atom stereocenters. The van der Waals surface area contributed by atoms with E-state index >= 15 is 4.39 Å². The predicted octanol–water partition coefficient (Wildman–Crippen LogP) is 7.65. The first-order valence-corrected chi connectivity index (χ1v) is 31.8. The number of fused-ring (bicyclic) bond motifs is 2. The number of hydrogen-bond acceptors (Lipinski definition) is 17. The Morgan fingerprint density at radius 1 is 0.562 bits per heavy atom. The highest BCUT2D eigenvalue weighted by Gasteiger charge is 2.50. The number of aryl methyl sites for hydroxylation is 2. The van der Waals surface area contributed by atoms with Crippen LogP contribution in [0.4, 0.5) is 35.1 Å². The maximum atomic E-state index is 15.2. The van der Waals surface area contributed by atoms with Gasteiger partial charge in [0.05, 0.1) is 56.1 Å². The van der Waals surface area contributed by atoms with Gasteiger partial charge in [-0.2, -0.15) is 51.6 Å². The van der Waals surface area contributed by atoms with Crippen LogP contribution in [0.15, 0.2) is 114 Å². The highest BCUT2D eigenvalue weighted by molar-refractivity contribution is 14.1. The third kappa shape index (κ3) is 16.5. The standard InChI is InChI=1S/C24H18F4IN3O7S.C23H19FIN3O5.C2H3F3O5S2.CHCl3/c1-12-19(39-40(36,37)24(26,27)28)18-20(30(2)21(12)33)32(17-9-6-14(29)10-16(17)25)23(35)31(22(18)34)11-13-4-7-15(38-3)8-5-13;1-12-19(29)18-20(26(2)21(12)30)28(17-9-6-14(25)10-16(17)24)23(32)27(22(18)31)11-13-4-7-15(33-3)8-5-13;1-11(6,7)10-12(8,9)2(3,4)5;2-1(3)4/h4-10H,11H2,1-3H3;4-10,29H,11H2,1-3H3;1H3;1H. The molecule has 0 spiro atoms. The minimum Gasteiger partial charge on any atom is -0.506 e. The minimum absolute atomic E-state index is 0.0496. The number of methoxy groups -OCH3 is 2. The Kier molecular flexibility index (Phi) is 23.3. The maximum absolute atomic E-state index is 15.2. The molecule has 0 atom stereocenters. The molecule has 23 nitrogen and oxygen atoms in total. The van der Waals surface area contributed by atoms with Crippen molar-refractivity contribution in [1.29, 1.82) is 0 Å². The zero-order valence-corrected chi connectivity index (χ0v) is 54.9. The van der Waals surface area contributed by atoms with Gasteiger partial charge in [0.1, 0.15) is 50.9 Å². The van der Waals surface area contributed by atoms with Gasteiger partial charge < -0.3 is 18.8 Å². The number of aromatic hydroxyl groups is 1. The van der Waals surface area contributed by atoms with E-state index in [-0.39, 0.29) is 35.1 Å². The molecule has 4 heterocycles. The van der Waals surface area contributed by atoms with E-state index in [1.165, 1.54) is 70.7 Å². The fourth-order valence-electron chi connectivity index (χ4n) is 7.92. The Hall–Kier alpha value is -6.56. The lowest BCUT2D eigenvalue weighted by Crippen LogP contribution is -2.43. The van der Waals surface area contributed by atoms with Crippen LogP contribution in [-0.2, 0) is 61.2 Å². The average molecular weight is 1610 g/mol. The molecule has 0 bridgehead atoms. The van der Waals surface area contributed by atoms with Gasteiger partial charge in [0.15, 0.2) is 10.0 Å². The molecule has 0 aliphatic carbocycles. The van der Waals surface area contributed by atoms with E-state index in [0.717, 1.165) is 44.4 Å². The quantitative estimate of drug-likeness (QED) is 0.0404. The summed E-state index contributed by atoms with van der Waals surface area (Å²) in [6, 6.07) is 20.7. The van der Waals surface area contributed by atoms with E-state index in [0.29, 0.717) is 38.9 Å². The summed E-state index contributed by atoms with van der Waals surface area (Å²) in [5.74, 6) is -2.40. The van der Waals surface area contributed by atoms with Crippen LogP contribution in [0.2, 0.25) is 0 Å². The monoisotopic (exact) mass is 1600 g/mol. The number of nitrogens with zero attached hydrogens (tertiary/aromatic N) is 6. The molecule has 0 saturated carbocycles. The summed E-state index contributed by atoms with van der Waals surface area (Å²) in [4.78, 5) is 80.1. The van der Waals surface area contributed by atoms with Crippen LogP contribution >= 0.6 is 80.0 Å². The van der Waals surface area contributed by atoms with Crippen molar-refractivity contribution in [3.63, 3.8) is 0 Å². The first-order chi connectivity index (χ1) is 40.9. The van der Waals surface area contributed by atoms with E-state index < -0.39 is 131 Å². The van der Waals surface area contributed by atoms with E-state index in [2.05, 4.69) is 7.81 Å². The molecule has 482 valence electrons. The molecule has 0 saturated heterocycles. The van der Waals surface area contributed by atoms with Gasteiger partial charge in [-0.15, -0.1) is 3.63 Å². The maximum Gasteiger partial charge on any atom is 0.534 e. The molecule has 0 radical (unpaired) electrons. The second-order valence-corrected chi connectivity index (χ2v) is 27.2. The average Bonchev–Trinajstić information content (AvgIpc) is 0.812. The molecule has 4 aromatic heterocycles. The molecule has 39 heteroatoms. The Labute approximate surface area is 538 Å². The summed E-state index contributed by atoms with van der Waals surface area (Å²) in [7, 11) is -11.7. The topological polar surface area (TPSA) is 292 Å². The molecule has 1 N–H and O–H groups in total. The Balaban J connectivity index is 0.000000263. The van der Waals surface area contributed by atoms with E-state index in [4.69, 9.17) is 44.3 Å². The lowest BCUT2D eigenvalue weighted by atomic mass is 10.2. The number of aromatic nitrogens is 6. The van der Waals surface area contributed by atoms with Gasteiger partial charge in [0.2, 0.25) is 0 Å². The summed E-state index contributed by atoms with van der Waals surface area (Å²) in [5, 5.41) is 9.61. The first kappa shape index (κ1) is 73.2. The molecule has 8 aromatic rings. The summed E-state index contributed by atoms with van der Waals surface area (Å²) in [5.41, 5.74) is -18.6. The molecular formula is C50H41Cl3F8I2N6O17S3. The Morgan fingerprint density at radius 3 is 1.24 bits per heavy atom. The summed E-state index contributed by atoms with van der Waals surface area (Å²) < 4.78 is 190. The lowest BCUT2D eigenvalue weighted by molar-refractivity contribution is -0.0503. The molecule has 0 aliphatic heterocycles. The largest absolute Gasteiger partial charge is 0.534 e. The molecule has 89 heavy (non-hydrogen) atoms. The third-order valence-electron chi connectivity index (χ3n) is 12.0. The van der Waals surface area contributed by atoms with Crippen LogP contribution in [-0.4, -0.2) is 93.5 Å². The number of benzene rings is 4. The first-order valence-electron chi connectivity index (χ1n) is 23.7. The van der Waals surface area contributed by atoms with Crippen molar-refractivity contribution in [2.24, 2.45) is 14.1 Å². The summed E-state index contributed by atoms with van der Waals surface area (Å²) in [6.45, 7) is 1.74. The van der Waals surface area contributed by atoms with Crippen LogP contribution in [0.5, 0.6) is 23.0 Å². The molecule has 0 amide bonds.